The molecule has 0 spiro atoms. The molecule has 0 bridgehead atoms. The Morgan fingerprint density at radius 2 is 1.65 bits per heavy atom. The van der Waals surface area contributed by atoms with Gasteiger partial charge in [0.15, 0.2) is 5.82 Å². The Labute approximate surface area is 270 Å². The highest BCUT2D eigenvalue weighted by Gasteiger charge is 2.23. The molecule has 0 unspecified atom stereocenters. The number of nitrogens with zero attached hydrogens (tertiary/aromatic N) is 3. The second-order valence-corrected chi connectivity index (χ2v) is 13.3. The molecule has 1 atom stereocenters. The predicted octanol–water partition coefficient (Wildman–Crippen LogP) is 8.69. The van der Waals surface area contributed by atoms with E-state index in [1.807, 2.05) is 54.6 Å². The lowest BCUT2D eigenvalue weighted by Gasteiger charge is -2.19. The number of rotatable bonds is 11. The average Bonchev–Trinajstić information content (AvgIpc) is 3.73. The fraction of sp³-hybridized carbons (Fsp3) is 0.368. The normalized spacial score (nSPS) is 14.3. The predicted molar refractivity (Wildman–Crippen MR) is 178 cm³/mol. The van der Waals surface area contributed by atoms with Gasteiger partial charge in [0.05, 0.1) is 6.61 Å². The lowest BCUT2D eigenvalue weighted by Crippen LogP contribution is -2.31. The van der Waals surface area contributed by atoms with Crippen LogP contribution < -0.4 is 14.8 Å². The van der Waals surface area contributed by atoms with E-state index in [-0.39, 0.29) is 11.3 Å². The Balaban J connectivity index is 1.11. The van der Waals surface area contributed by atoms with Gasteiger partial charge in [0.2, 0.25) is 5.89 Å². The van der Waals surface area contributed by atoms with Gasteiger partial charge >= 0.3 is 0 Å². The van der Waals surface area contributed by atoms with Gasteiger partial charge in [-0.25, -0.2) is 0 Å². The summed E-state index contributed by atoms with van der Waals surface area (Å²) in [6.07, 6.45) is 8.61. The van der Waals surface area contributed by atoms with Gasteiger partial charge in [-0.2, -0.15) is 4.98 Å². The molecule has 2 heterocycles. The van der Waals surface area contributed by atoms with Crippen LogP contribution in [-0.4, -0.2) is 27.6 Å². The maximum atomic E-state index is 13.4. The van der Waals surface area contributed by atoms with E-state index in [1.54, 1.807) is 19.2 Å². The van der Waals surface area contributed by atoms with Crippen molar-refractivity contribution in [2.24, 2.45) is 5.92 Å². The molecule has 1 fully saturated rings. The van der Waals surface area contributed by atoms with Crippen molar-refractivity contribution < 1.29 is 18.8 Å². The fourth-order valence-electron chi connectivity index (χ4n) is 5.95. The van der Waals surface area contributed by atoms with Crippen LogP contribution in [0.2, 0.25) is 0 Å². The summed E-state index contributed by atoms with van der Waals surface area (Å²) in [4.78, 5) is 22.3. The maximum absolute atomic E-state index is 13.4. The highest BCUT2D eigenvalue weighted by molar-refractivity contribution is 5.96. The average molecular weight is 619 g/mol. The standard InChI is InChI=1S/C38H42N4O4/c1-25-40-37(46-42-25)35(21-27-9-14-31(15-10-27)44-20-19-26-7-5-6-8-26)41-36(43)34-23-28-11-16-33(22-29(28)24-39-34)45-32-17-12-30(13-18-32)38(2,3)4/h9-18,22-24,26,35H,5-8,19-21H2,1-4H3,(H,41,43)/t35-/m0/s1. The highest BCUT2D eigenvalue weighted by atomic mass is 16.5. The van der Waals surface area contributed by atoms with Crippen molar-refractivity contribution >= 4 is 16.7 Å². The molecule has 1 saturated carbocycles. The number of hydrogen-bond donors (Lipinski definition) is 1. The summed E-state index contributed by atoms with van der Waals surface area (Å²) in [6, 6.07) is 23.1. The quantitative estimate of drug-likeness (QED) is 0.158. The smallest absolute Gasteiger partial charge is 0.270 e. The van der Waals surface area contributed by atoms with E-state index >= 15 is 0 Å². The van der Waals surface area contributed by atoms with E-state index in [1.165, 1.54) is 31.2 Å². The van der Waals surface area contributed by atoms with E-state index in [0.717, 1.165) is 46.8 Å². The monoisotopic (exact) mass is 618 g/mol. The number of carbonyl (C=O) groups is 1. The van der Waals surface area contributed by atoms with Gasteiger partial charge in [0, 0.05) is 18.0 Å². The van der Waals surface area contributed by atoms with Crippen molar-refractivity contribution in [3.05, 3.63) is 108 Å². The summed E-state index contributed by atoms with van der Waals surface area (Å²) in [5.74, 6) is 3.64. The molecule has 1 amide bonds. The number of pyridine rings is 1. The molecule has 8 nitrogen and oxygen atoms in total. The van der Waals surface area contributed by atoms with E-state index < -0.39 is 6.04 Å². The molecule has 5 aromatic rings. The van der Waals surface area contributed by atoms with Crippen molar-refractivity contribution in [1.29, 1.82) is 0 Å². The molecule has 1 aliphatic carbocycles. The summed E-state index contributed by atoms with van der Waals surface area (Å²) in [7, 11) is 0. The molecule has 0 saturated heterocycles. The van der Waals surface area contributed by atoms with Crippen molar-refractivity contribution in [3.63, 3.8) is 0 Å². The molecular weight excluding hydrogens is 576 g/mol. The number of benzene rings is 3. The first kappa shape index (κ1) is 31.3. The molecule has 0 radical (unpaired) electrons. The number of carbonyl (C=O) groups excluding carboxylic acids is 1. The lowest BCUT2D eigenvalue weighted by atomic mass is 9.87. The van der Waals surface area contributed by atoms with Crippen LogP contribution in [0.4, 0.5) is 0 Å². The molecule has 46 heavy (non-hydrogen) atoms. The van der Waals surface area contributed by atoms with Crippen LogP contribution in [0.25, 0.3) is 10.8 Å². The number of aryl methyl sites for hydroxylation is 1. The van der Waals surface area contributed by atoms with Gasteiger partial charge in [-0.15, -0.1) is 0 Å². The Kier molecular flexibility index (Phi) is 9.33. The Hall–Kier alpha value is -4.72. The van der Waals surface area contributed by atoms with Gasteiger partial charge in [-0.1, -0.05) is 81.9 Å². The number of amides is 1. The van der Waals surface area contributed by atoms with Crippen LogP contribution in [0.15, 0.2) is 83.5 Å². The molecule has 238 valence electrons. The molecular formula is C38H42N4O4. The van der Waals surface area contributed by atoms with Crippen LogP contribution in [0.1, 0.15) is 92.2 Å². The van der Waals surface area contributed by atoms with Crippen LogP contribution in [0.5, 0.6) is 17.2 Å². The summed E-state index contributed by atoms with van der Waals surface area (Å²) in [5, 5.41) is 8.76. The third-order valence-corrected chi connectivity index (χ3v) is 8.66. The number of aromatic nitrogens is 3. The fourth-order valence-corrected chi connectivity index (χ4v) is 5.95. The molecule has 1 N–H and O–H groups in total. The number of fused-ring (bicyclic) bond motifs is 1. The van der Waals surface area contributed by atoms with Gasteiger partial charge in [0.25, 0.3) is 5.91 Å². The molecule has 8 heteroatoms. The number of ether oxygens (including phenoxy) is 2. The number of hydrogen-bond acceptors (Lipinski definition) is 7. The first-order chi connectivity index (χ1) is 22.2. The first-order valence-electron chi connectivity index (χ1n) is 16.2. The van der Waals surface area contributed by atoms with Gasteiger partial charge < -0.3 is 19.3 Å². The second kappa shape index (κ2) is 13.7. The Bertz CT molecular complexity index is 1770. The summed E-state index contributed by atoms with van der Waals surface area (Å²) in [6.45, 7) is 9.06. The third kappa shape index (κ3) is 7.91. The third-order valence-electron chi connectivity index (χ3n) is 8.66. The Morgan fingerprint density at radius 3 is 2.35 bits per heavy atom. The van der Waals surface area contributed by atoms with Gasteiger partial charge in [-0.05, 0) is 83.7 Å². The maximum Gasteiger partial charge on any atom is 0.270 e. The Morgan fingerprint density at radius 1 is 0.935 bits per heavy atom. The van der Waals surface area contributed by atoms with Crippen molar-refractivity contribution in [2.45, 2.75) is 77.7 Å². The van der Waals surface area contributed by atoms with E-state index in [4.69, 9.17) is 14.0 Å². The van der Waals surface area contributed by atoms with Crippen molar-refractivity contribution in [1.82, 2.24) is 20.4 Å². The van der Waals surface area contributed by atoms with Crippen molar-refractivity contribution in [3.8, 4) is 17.2 Å². The second-order valence-electron chi connectivity index (χ2n) is 13.3. The lowest BCUT2D eigenvalue weighted by molar-refractivity contribution is 0.0923. The molecule has 0 aliphatic heterocycles. The van der Waals surface area contributed by atoms with Crippen LogP contribution in [0.3, 0.4) is 0 Å². The first-order valence-corrected chi connectivity index (χ1v) is 16.2. The van der Waals surface area contributed by atoms with Gasteiger partial charge in [-0.3, -0.25) is 9.78 Å². The molecule has 3 aromatic carbocycles. The largest absolute Gasteiger partial charge is 0.494 e. The van der Waals surface area contributed by atoms with E-state index in [2.05, 4.69) is 53.3 Å². The summed E-state index contributed by atoms with van der Waals surface area (Å²) < 4.78 is 17.6. The minimum Gasteiger partial charge on any atom is -0.494 e. The van der Waals surface area contributed by atoms with Crippen LogP contribution in [-0.2, 0) is 11.8 Å². The summed E-state index contributed by atoms with van der Waals surface area (Å²) >= 11 is 0. The van der Waals surface area contributed by atoms with Crippen LogP contribution >= 0.6 is 0 Å². The van der Waals surface area contributed by atoms with Crippen molar-refractivity contribution in [2.75, 3.05) is 6.61 Å². The molecule has 1 aliphatic rings. The van der Waals surface area contributed by atoms with Crippen LogP contribution in [0, 0.1) is 12.8 Å². The van der Waals surface area contributed by atoms with E-state index in [0.29, 0.717) is 29.6 Å². The minimum absolute atomic E-state index is 0.0794. The minimum atomic E-state index is -0.527. The SMILES string of the molecule is Cc1noc([C@H](Cc2ccc(OCCC3CCCC3)cc2)NC(=O)c2cc3ccc(Oc4ccc(C(C)(C)C)cc4)cc3cn2)n1. The zero-order valence-corrected chi connectivity index (χ0v) is 27.1. The zero-order valence-electron chi connectivity index (χ0n) is 27.1. The molecule has 6 rings (SSSR count). The summed E-state index contributed by atoms with van der Waals surface area (Å²) in [5.41, 5.74) is 2.63. The molecule has 2 aromatic heterocycles. The van der Waals surface area contributed by atoms with E-state index in [9.17, 15) is 4.79 Å². The highest BCUT2D eigenvalue weighted by Crippen LogP contribution is 2.30. The number of nitrogens with one attached hydrogen (secondary N) is 1. The zero-order chi connectivity index (χ0) is 32.1. The topological polar surface area (TPSA) is 99.4 Å². The van der Waals surface area contributed by atoms with Gasteiger partial charge in [0.1, 0.15) is 29.0 Å².